The molecule has 25 heavy (non-hydrogen) atoms. The highest BCUT2D eigenvalue weighted by molar-refractivity contribution is 8.01. The van der Waals surface area contributed by atoms with Crippen molar-refractivity contribution in [2.45, 2.75) is 16.2 Å². The number of benzene rings is 1. The third kappa shape index (κ3) is 4.91. The Labute approximate surface area is 159 Å². The van der Waals surface area contributed by atoms with Crippen molar-refractivity contribution in [3.8, 4) is 0 Å². The normalized spacial score (nSPS) is 13.6. The second-order valence-corrected chi connectivity index (χ2v) is 7.68. The van der Waals surface area contributed by atoms with Crippen LogP contribution in [0.15, 0.2) is 32.8 Å². The molecule has 1 fully saturated rings. The van der Waals surface area contributed by atoms with Gasteiger partial charge in [0.2, 0.25) is 0 Å². The van der Waals surface area contributed by atoms with Crippen molar-refractivity contribution in [2.24, 2.45) is 5.92 Å². The Hall–Kier alpha value is -1.68. The van der Waals surface area contributed by atoms with Crippen LogP contribution in [-0.2, 0) is 0 Å². The Morgan fingerprint density at radius 1 is 1.52 bits per heavy atom. The van der Waals surface area contributed by atoms with Gasteiger partial charge in [0.05, 0.1) is 9.82 Å². The van der Waals surface area contributed by atoms with Gasteiger partial charge in [-0.2, -0.15) is 0 Å². The van der Waals surface area contributed by atoms with E-state index in [1.807, 2.05) is 12.3 Å². The molecule has 3 rings (SSSR count). The third-order valence-electron chi connectivity index (χ3n) is 3.63. The van der Waals surface area contributed by atoms with Crippen LogP contribution in [0.3, 0.4) is 0 Å². The Kier molecular flexibility index (Phi) is 6.77. The highest BCUT2D eigenvalue weighted by Gasteiger charge is 2.21. The molecule has 0 saturated carbocycles. The summed E-state index contributed by atoms with van der Waals surface area (Å²) in [5.74, 6) is 0.151. The lowest BCUT2D eigenvalue weighted by molar-refractivity contribution is -0.387. The second kappa shape index (κ2) is 8.61. The molecule has 1 amide bonds. The summed E-state index contributed by atoms with van der Waals surface area (Å²) in [5, 5.41) is 19.2. The van der Waals surface area contributed by atoms with E-state index >= 15 is 0 Å². The van der Waals surface area contributed by atoms with E-state index in [1.54, 1.807) is 12.1 Å². The first-order chi connectivity index (χ1) is 11.5. The smallest absolute Gasteiger partial charge is 0.284 e. The average molecular weight is 401 g/mol. The molecular weight excluding hydrogens is 384 g/mol. The zero-order chi connectivity index (χ0) is 17.1. The molecule has 0 aliphatic carbocycles. The molecule has 1 aromatic carbocycles. The van der Waals surface area contributed by atoms with Crippen LogP contribution in [0.5, 0.6) is 0 Å². The number of carbonyl (C=O) groups excluding carboxylic acids is 1. The van der Waals surface area contributed by atoms with Gasteiger partial charge in [0, 0.05) is 48.3 Å². The molecule has 0 bridgehead atoms. The van der Waals surface area contributed by atoms with Crippen LogP contribution in [0, 0.1) is 23.0 Å². The standard InChI is InChI=1S/C15H16N4O3S2.ClH/c1-9-8-23-15(18-9)24-13-3-2-11(4-12(13)19(21)22)14(20)17-7-10-5-16-6-10;/h2-4,8,10,16H,5-7H2,1H3,(H,17,20);1H. The van der Waals surface area contributed by atoms with E-state index in [2.05, 4.69) is 15.6 Å². The lowest BCUT2D eigenvalue weighted by atomic mass is 10.0. The number of thiazole rings is 1. The SMILES string of the molecule is Cc1csc(Sc2ccc(C(=O)NCC3CNC3)cc2[N+](=O)[O-])n1.Cl. The number of nitrogens with zero attached hydrogens (tertiary/aromatic N) is 2. The van der Waals surface area contributed by atoms with Crippen molar-refractivity contribution in [3.63, 3.8) is 0 Å². The number of amides is 1. The molecule has 1 aliphatic heterocycles. The molecule has 1 aromatic heterocycles. The number of halogens is 1. The first-order valence-corrected chi connectivity index (χ1v) is 9.10. The number of aromatic nitrogens is 1. The molecule has 2 N–H and O–H groups in total. The number of hydrogen-bond acceptors (Lipinski definition) is 7. The molecule has 7 nitrogen and oxygen atoms in total. The predicted octanol–water partition coefficient (Wildman–Crippen LogP) is 2.88. The van der Waals surface area contributed by atoms with Crippen molar-refractivity contribution >= 4 is 47.1 Å². The van der Waals surface area contributed by atoms with E-state index in [-0.39, 0.29) is 24.0 Å². The van der Waals surface area contributed by atoms with Crippen molar-refractivity contribution < 1.29 is 9.72 Å². The summed E-state index contributed by atoms with van der Waals surface area (Å²) < 4.78 is 0.741. The van der Waals surface area contributed by atoms with Gasteiger partial charge in [-0.15, -0.1) is 23.7 Å². The third-order valence-corrected chi connectivity index (χ3v) is 5.75. The van der Waals surface area contributed by atoms with Gasteiger partial charge in [0.1, 0.15) is 0 Å². The van der Waals surface area contributed by atoms with Gasteiger partial charge in [-0.05, 0) is 19.1 Å². The summed E-state index contributed by atoms with van der Waals surface area (Å²) in [7, 11) is 0. The number of aryl methyl sites for hydroxylation is 1. The molecule has 0 radical (unpaired) electrons. The van der Waals surface area contributed by atoms with Crippen LogP contribution >= 0.6 is 35.5 Å². The topological polar surface area (TPSA) is 97.2 Å². The van der Waals surface area contributed by atoms with Gasteiger partial charge in [-0.1, -0.05) is 11.8 Å². The molecule has 10 heteroatoms. The van der Waals surface area contributed by atoms with Gasteiger partial charge in [-0.3, -0.25) is 14.9 Å². The van der Waals surface area contributed by atoms with Gasteiger partial charge in [-0.25, -0.2) is 4.98 Å². The number of hydrogen-bond donors (Lipinski definition) is 2. The van der Waals surface area contributed by atoms with E-state index in [0.29, 0.717) is 22.9 Å². The fourth-order valence-electron chi connectivity index (χ4n) is 2.19. The van der Waals surface area contributed by atoms with E-state index in [4.69, 9.17) is 0 Å². The van der Waals surface area contributed by atoms with Crippen LogP contribution in [0.25, 0.3) is 0 Å². The quantitative estimate of drug-likeness (QED) is 0.571. The zero-order valence-electron chi connectivity index (χ0n) is 13.4. The van der Waals surface area contributed by atoms with Crippen LogP contribution in [0.4, 0.5) is 5.69 Å². The Morgan fingerprint density at radius 2 is 2.28 bits per heavy atom. The molecular formula is C15H17ClN4O3S2. The van der Waals surface area contributed by atoms with Crippen molar-refractivity contribution in [1.29, 1.82) is 0 Å². The number of carbonyl (C=O) groups is 1. The second-order valence-electron chi connectivity index (χ2n) is 5.53. The number of nitro benzene ring substituents is 1. The molecule has 0 atom stereocenters. The molecule has 134 valence electrons. The van der Waals surface area contributed by atoms with Crippen molar-refractivity contribution in [3.05, 3.63) is 45.0 Å². The largest absolute Gasteiger partial charge is 0.352 e. The molecule has 0 unspecified atom stereocenters. The summed E-state index contributed by atoms with van der Waals surface area (Å²) in [4.78, 5) is 27.8. The molecule has 2 aromatic rings. The van der Waals surface area contributed by atoms with Gasteiger partial charge in [0.25, 0.3) is 11.6 Å². The first kappa shape index (κ1) is 19.6. The average Bonchev–Trinajstić information content (AvgIpc) is 2.90. The predicted molar refractivity (Wildman–Crippen MR) is 100 cm³/mol. The summed E-state index contributed by atoms with van der Waals surface area (Å²) in [6.45, 7) is 4.24. The maximum atomic E-state index is 12.2. The van der Waals surface area contributed by atoms with Crippen molar-refractivity contribution in [1.82, 2.24) is 15.6 Å². The fraction of sp³-hybridized carbons (Fsp3) is 0.333. The summed E-state index contributed by atoms with van der Waals surface area (Å²) in [6, 6.07) is 4.56. The maximum absolute atomic E-state index is 12.2. The monoisotopic (exact) mass is 400 g/mol. The molecule has 2 heterocycles. The highest BCUT2D eigenvalue weighted by Crippen LogP contribution is 2.36. The van der Waals surface area contributed by atoms with E-state index in [9.17, 15) is 14.9 Å². The van der Waals surface area contributed by atoms with Gasteiger partial charge < -0.3 is 10.6 Å². The lowest BCUT2D eigenvalue weighted by Gasteiger charge is -2.27. The van der Waals surface area contributed by atoms with Crippen LogP contribution in [0.1, 0.15) is 16.1 Å². The van der Waals surface area contributed by atoms with Gasteiger partial charge in [0.15, 0.2) is 4.34 Å². The minimum atomic E-state index is -0.463. The summed E-state index contributed by atoms with van der Waals surface area (Å²) >= 11 is 2.68. The minimum absolute atomic E-state index is 0. The van der Waals surface area contributed by atoms with Crippen LogP contribution in [0.2, 0.25) is 0 Å². The number of rotatable bonds is 6. The minimum Gasteiger partial charge on any atom is -0.352 e. The Morgan fingerprint density at radius 3 is 2.84 bits per heavy atom. The molecule has 0 spiro atoms. The van der Waals surface area contributed by atoms with Crippen LogP contribution in [-0.4, -0.2) is 35.4 Å². The number of nitro groups is 1. The van der Waals surface area contributed by atoms with Gasteiger partial charge >= 0.3 is 0 Å². The Balaban J connectivity index is 0.00000225. The van der Waals surface area contributed by atoms with Crippen LogP contribution < -0.4 is 10.6 Å². The fourth-order valence-corrected chi connectivity index (χ4v) is 4.07. The van der Waals surface area contributed by atoms with E-state index in [0.717, 1.165) is 23.1 Å². The van der Waals surface area contributed by atoms with Crippen molar-refractivity contribution in [2.75, 3.05) is 19.6 Å². The molecule has 1 saturated heterocycles. The lowest BCUT2D eigenvalue weighted by Crippen LogP contribution is -2.48. The summed E-state index contributed by atoms with van der Waals surface area (Å²) in [5.41, 5.74) is 1.10. The summed E-state index contributed by atoms with van der Waals surface area (Å²) in [6.07, 6.45) is 0. The first-order valence-electron chi connectivity index (χ1n) is 7.40. The molecule has 1 aliphatic rings. The maximum Gasteiger partial charge on any atom is 0.284 e. The van der Waals surface area contributed by atoms with E-state index < -0.39 is 4.92 Å². The number of nitrogens with one attached hydrogen (secondary N) is 2. The highest BCUT2D eigenvalue weighted by atomic mass is 35.5. The Bertz CT molecular complexity index is 780. The van der Waals surface area contributed by atoms with E-state index in [1.165, 1.54) is 29.2 Å². The zero-order valence-corrected chi connectivity index (χ0v) is 15.8.